The molecule has 2 heterocycles. The predicted octanol–water partition coefficient (Wildman–Crippen LogP) is 3.74. The number of H-pyrrole nitrogens is 1. The van der Waals surface area contributed by atoms with Crippen molar-refractivity contribution in [3.8, 4) is 11.3 Å². The van der Waals surface area contributed by atoms with Gasteiger partial charge in [-0.3, -0.25) is 0 Å². The van der Waals surface area contributed by atoms with Crippen molar-refractivity contribution in [3.05, 3.63) is 41.9 Å². The van der Waals surface area contributed by atoms with Crippen molar-refractivity contribution in [2.75, 3.05) is 13.1 Å². The minimum Gasteiger partial charge on any atom is -0.342 e. The van der Waals surface area contributed by atoms with E-state index < -0.39 is 0 Å². The summed E-state index contributed by atoms with van der Waals surface area (Å²) in [5.41, 5.74) is 3.74. The number of piperidine rings is 1. The average molecular weight is 283 g/mol. The monoisotopic (exact) mass is 283 g/mol. The lowest BCUT2D eigenvalue weighted by Gasteiger charge is -2.21. The van der Waals surface area contributed by atoms with Crippen LogP contribution in [0.15, 0.2) is 30.5 Å². The quantitative estimate of drug-likeness (QED) is 0.897. The summed E-state index contributed by atoms with van der Waals surface area (Å²) in [6.45, 7) is 6.74. The topological polar surface area (TPSA) is 40.7 Å². The van der Waals surface area contributed by atoms with Gasteiger partial charge in [-0.2, -0.15) is 0 Å². The van der Waals surface area contributed by atoms with Crippen molar-refractivity contribution in [3.63, 3.8) is 0 Å². The van der Waals surface area contributed by atoms with Crippen LogP contribution in [0.2, 0.25) is 0 Å². The second-order valence-electron chi connectivity index (χ2n) is 6.42. The molecule has 0 bridgehead atoms. The molecule has 2 aromatic rings. The fourth-order valence-electron chi connectivity index (χ4n) is 3.02. The van der Waals surface area contributed by atoms with Crippen molar-refractivity contribution in [2.45, 2.75) is 39.0 Å². The Labute approximate surface area is 127 Å². The summed E-state index contributed by atoms with van der Waals surface area (Å²) in [6.07, 6.45) is 5.57. The molecule has 2 N–H and O–H groups in total. The lowest BCUT2D eigenvalue weighted by atomic mass is 9.94. The highest BCUT2D eigenvalue weighted by atomic mass is 14.9. The van der Waals surface area contributed by atoms with Crippen LogP contribution >= 0.6 is 0 Å². The molecule has 1 aromatic carbocycles. The van der Waals surface area contributed by atoms with Crippen LogP contribution in [0.5, 0.6) is 0 Å². The van der Waals surface area contributed by atoms with Gasteiger partial charge in [-0.1, -0.05) is 38.1 Å². The van der Waals surface area contributed by atoms with Crippen molar-refractivity contribution >= 4 is 0 Å². The van der Waals surface area contributed by atoms with Gasteiger partial charge in [-0.15, -0.1) is 0 Å². The molecule has 0 aliphatic carbocycles. The molecular weight excluding hydrogens is 258 g/mol. The third kappa shape index (κ3) is 3.53. The van der Waals surface area contributed by atoms with Crippen molar-refractivity contribution < 1.29 is 0 Å². The Morgan fingerprint density at radius 3 is 2.52 bits per heavy atom. The first-order chi connectivity index (χ1) is 10.2. The van der Waals surface area contributed by atoms with Gasteiger partial charge < -0.3 is 10.3 Å². The maximum atomic E-state index is 4.57. The second kappa shape index (κ2) is 6.44. The van der Waals surface area contributed by atoms with Crippen LogP contribution in [0, 0.1) is 5.92 Å². The summed E-state index contributed by atoms with van der Waals surface area (Å²) in [5.74, 6) is 2.48. The van der Waals surface area contributed by atoms with Crippen molar-refractivity contribution in [1.29, 1.82) is 0 Å². The zero-order valence-electron chi connectivity index (χ0n) is 13.0. The Bertz CT molecular complexity index is 562. The van der Waals surface area contributed by atoms with Gasteiger partial charge in [0.15, 0.2) is 0 Å². The summed E-state index contributed by atoms with van der Waals surface area (Å²) >= 11 is 0. The number of aromatic nitrogens is 2. The smallest absolute Gasteiger partial charge is 0.106 e. The lowest BCUT2D eigenvalue weighted by molar-refractivity contribution is 0.368. The summed E-state index contributed by atoms with van der Waals surface area (Å²) in [6, 6.07) is 8.81. The number of nitrogens with zero attached hydrogens (tertiary/aromatic N) is 1. The molecule has 1 fully saturated rings. The Hall–Kier alpha value is -1.61. The van der Waals surface area contributed by atoms with E-state index in [0.717, 1.165) is 36.9 Å². The Kier molecular flexibility index (Phi) is 4.39. The van der Waals surface area contributed by atoms with Gasteiger partial charge in [0.1, 0.15) is 5.82 Å². The van der Waals surface area contributed by atoms with E-state index in [4.69, 9.17) is 0 Å². The molecule has 21 heavy (non-hydrogen) atoms. The third-order valence-electron chi connectivity index (χ3n) is 4.46. The summed E-state index contributed by atoms with van der Waals surface area (Å²) in [7, 11) is 0. The molecule has 0 saturated carbocycles. The van der Waals surface area contributed by atoms with Crippen LogP contribution in [0.25, 0.3) is 11.3 Å². The van der Waals surface area contributed by atoms with E-state index >= 15 is 0 Å². The average Bonchev–Trinajstić information content (AvgIpc) is 2.97. The van der Waals surface area contributed by atoms with E-state index in [9.17, 15) is 0 Å². The molecule has 3 heteroatoms. The zero-order chi connectivity index (χ0) is 14.7. The third-order valence-corrected chi connectivity index (χ3v) is 4.46. The summed E-state index contributed by atoms with van der Waals surface area (Å²) < 4.78 is 0. The standard InChI is InChI=1S/C18H25N3/c1-13(2)15-3-5-16(6-4-15)17-12-20-18(21-17)11-14-7-9-19-10-8-14/h3-6,12-14,19H,7-11H2,1-2H3,(H,20,21). The number of imidazole rings is 1. The van der Waals surface area contributed by atoms with E-state index in [1.54, 1.807) is 0 Å². The van der Waals surface area contributed by atoms with Gasteiger partial charge in [0.25, 0.3) is 0 Å². The van der Waals surface area contributed by atoms with E-state index in [-0.39, 0.29) is 0 Å². The number of rotatable bonds is 4. The largest absolute Gasteiger partial charge is 0.342 e. The molecule has 3 rings (SSSR count). The second-order valence-corrected chi connectivity index (χ2v) is 6.42. The van der Waals surface area contributed by atoms with Crippen LogP contribution in [-0.2, 0) is 6.42 Å². The van der Waals surface area contributed by atoms with E-state index in [0.29, 0.717) is 5.92 Å². The Balaban J connectivity index is 1.69. The molecule has 0 unspecified atom stereocenters. The van der Waals surface area contributed by atoms with Gasteiger partial charge >= 0.3 is 0 Å². The molecule has 112 valence electrons. The minimum atomic E-state index is 0.580. The van der Waals surface area contributed by atoms with Gasteiger partial charge in [0.2, 0.25) is 0 Å². The lowest BCUT2D eigenvalue weighted by Crippen LogP contribution is -2.28. The SMILES string of the molecule is CC(C)c1ccc(-c2cnc(CC3CCNCC3)[nH]2)cc1. The maximum absolute atomic E-state index is 4.57. The highest BCUT2D eigenvalue weighted by molar-refractivity contribution is 5.59. The van der Waals surface area contributed by atoms with Crippen molar-refractivity contribution in [1.82, 2.24) is 15.3 Å². The number of aromatic amines is 1. The maximum Gasteiger partial charge on any atom is 0.106 e. The number of nitrogens with one attached hydrogen (secondary N) is 2. The zero-order valence-corrected chi connectivity index (χ0v) is 13.0. The van der Waals surface area contributed by atoms with Crippen LogP contribution < -0.4 is 5.32 Å². The van der Waals surface area contributed by atoms with E-state index in [1.165, 1.54) is 24.0 Å². The molecule has 0 spiro atoms. The highest BCUT2D eigenvalue weighted by Crippen LogP contribution is 2.23. The molecule has 0 atom stereocenters. The summed E-state index contributed by atoms with van der Waals surface area (Å²) in [5, 5.41) is 3.42. The fourth-order valence-corrected chi connectivity index (χ4v) is 3.02. The Morgan fingerprint density at radius 2 is 1.86 bits per heavy atom. The molecule has 1 aliphatic heterocycles. The first-order valence-corrected chi connectivity index (χ1v) is 8.07. The Morgan fingerprint density at radius 1 is 1.14 bits per heavy atom. The molecule has 1 aromatic heterocycles. The van der Waals surface area contributed by atoms with Crippen molar-refractivity contribution in [2.24, 2.45) is 5.92 Å². The van der Waals surface area contributed by atoms with Crippen LogP contribution in [0.1, 0.15) is 44.0 Å². The van der Waals surface area contributed by atoms with Crippen LogP contribution in [-0.4, -0.2) is 23.1 Å². The summed E-state index contributed by atoms with van der Waals surface area (Å²) in [4.78, 5) is 8.06. The molecular formula is C18H25N3. The molecule has 1 aliphatic rings. The highest BCUT2D eigenvalue weighted by Gasteiger charge is 2.15. The molecule has 1 saturated heterocycles. The number of benzene rings is 1. The number of hydrogen-bond acceptors (Lipinski definition) is 2. The van der Waals surface area contributed by atoms with Crippen LogP contribution in [0.4, 0.5) is 0 Å². The number of hydrogen-bond donors (Lipinski definition) is 2. The molecule has 0 radical (unpaired) electrons. The predicted molar refractivity (Wildman–Crippen MR) is 87.4 cm³/mol. The van der Waals surface area contributed by atoms with Gasteiger partial charge in [0.05, 0.1) is 11.9 Å². The van der Waals surface area contributed by atoms with Gasteiger partial charge in [-0.05, 0) is 48.9 Å². The molecule has 0 amide bonds. The van der Waals surface area contributed by atoms with E-state index in [2.05, 4.69) is 53.4 Å². The first-order valence-electron chi connectivity index (χ1n) is 8.07. The van der Waals surface area contributed by atoms with Crippen LogP contribution in [0.3, 0.4) is 0 Å². The molecule has 3 nitrogen and oxygen atoms in total. The minimum absolute atomic E-state index is 0.580. The van der Waals surface area contributed by atoms with Gasteiger partial charge in [-0.25, -0.2) is 4.98 Å². The van der Waals surface area contributed by atoms with E-state index in [1.807, 2.05) is 6.20 Å². The van der Waals surface area contributed by atoms with Gasteiger partial charge in [0, 0.05) is 6.42 Å². The fraction of sp³-hybridized carbons (Fsp3) is 0.500. The normalized spacial score (nSPS) is 16.5. The first kappa shape index (κ1) is 14.3.